The largest absolute Gasteiger partial charge is 0.100 e. The number of allylic oxidation sites excluding steroid dienone is 6. The Labute approximate surface area is 218 Å². The molecule has 0 saturated heterocycles. The van der Waals surface area contributed by atoms with Crippen LogP contribution in [0.25, 0.3) is 0 Å². The Hall–Kier alpha value is -1.82. The molecule has 0 aliphatic rings. The normalized spacial score (nSPS) is 9.97. The molecule has 0 heteroatoms. The van der Waals surface area contributed by atoms with Crippen LogP contribution in [0, 0.1) is 12.8 Å². The van der Waals surface area contributed by atoms with Gasteiger partial charge in [-0.15, -0.1) is 6.58 Å². The summed E-state index contributed by atoms with van der Waals surface area (Å²) in [5.41, 5.74) is 6.62. The molecule has 0 amide bonds. The van der Waals surface area contributed by atoms with Gasteiger partial charge in [0.05, 0.1) is 0 Å². The predicted octanol–water partition coefficient (Wildman–Crippen LogP) is 12.5. The van der Waals surface area contributed by atoms with Gasteiger partial charge in [0.1, 0.15) is 0 Å². The standard InChI is InChI=1S/C11H16.C7H12.C6H14.2C4H8.C2H6/c1-9-5-7-10(8-6-9)11(2,3)4;1-5-7(4)6(2)3;1-4-6(3)5-2;1-4(2)3;1-3-4-2;1-2/h5-8H,1-4H3;5H,2H2,1,3-4H3;6H,4-5H2,1-3H3;1H2,2-3H3;3-4H,1-2H3;1-2H3/b;7-5+;;;4-3-;. The number of rotatable bonds is 3. The van der Waals surface area contributed by atoms with Crippen LogP contribution < -0.4 is 0 Å². The van der Waals surface area contributed by atoms with Crippen LogP contribution in [0.15, 0.2) is 72.4 Å². The lowest BCUT2D eigenvalue weighted by molar-refractivity contribution is 0.544. The van der Waals surface area contributed by atoms with E-state index in [1.54, 1.807) is 0 Å². The SMILES string of the molecule is C/C=C\C.C=C(C)/C(C)=C/C.C=C(C)C.CC.CCC(C)CC.Cc1ccc(C(C)(C)C)cc1. The second-order valence-corrected chi connectivity index (χ2v) is 9.66. The fourth-order valence-corrected chi connectivity index (χ4v) is 1.59. The smallest absolute Gasteiger partial charge is 0.0132 e. The topological polar surface area (TPSA) is 0 Å². The molecule has 34 heavy (non-hydrogen) atoms. The molecule has 0 spiro atoms. The molecule has 200 valence electrons. The molecule has 1 aromatic carbocycles. The summed E-state index contributed by atoms with van der Waals surface area (Å²) >= 11 is 0. The van der Waals surface area contributed by atoms with E-state index in [0.717, 1.165) is 11.5 Å². The van der Waals surface area contributed by atoms with Crippen LogP contribution in [-0.4, -0.2) is 0 Å². The summed E-state index contributed by atoms with van der Waals surface area (Å²) in [7, 11) is 0. The summed E-state index contributed by atoms with van der Waals surface area (Å²) in [5.74, 6) is 0.935. The van der Waals surface area contributed by atoms with Crippen molar-refractivity contribution in [3.05, 3.63) is 83.5 Å². The summed E-state index contributed by atoms with van der Waals surface area (Å²) in [6.45, 7) is 40.9. The first-order valence-electron chi connectivity index (χ1n) is 13.2. The molecule has 1 aromatic rings. The maximum atomic E-state index is 3.76. The van der Waals surface area contributed by atoms with Gasteiger partial charge in [-0.05, 0) is 72.3 Å². The zero-order valence-electron chi connectivity index (χ0n) is 26.4. The minimum Gasteiger partial charge on any atom is -0.100 e. The predicted molar refractivity (Wildman–Crippen MR) is 166 cm³/mol. The van der Waals surface area contributed by atoms with Gasteiger partial charge in [-0.25, -0.2) is 0 Å². The van der Waals surface area contributed by atoms with E-state index in [-0.39, 0.29) is 5.41 Å². The maximum absolute atomic E-state index is 3.76. The van der Waals surface area contributed by atoms with E-state index in [2.05, 4.69) is 98.9 Å². The van der Waals surface area contributed by atoms with Crippen LogP contribution in [0.1, 0.15) is 128 Å². The van der Waals surface area contributed by atoms with Crippen LogP contribution in [0.4, 0.5) is 0 Å². The lowest BCUT2D eigenvalue weighted by Gasteiger charge is -2.18. The molecular formula is C34H64. The van der Waals surface area contributed by atoms with E-state index in [9.17, 15) is 0 Å². The fraction of sp³-hybridized carbons (Fsp3) is 0.588. The highest BCUT2D eigenvalue weighted by molar-refractivity contribution is 5.26. The van der Waals surface area contributed by atoms with Gasteiger partial charge < -0.3 is 0 Å². The third-order valence-electron chi connectivity index (χ3n) is 4.75. The molecule has 0 atom stereocenters. The average Bonchev–Trinajstić information content (AvgIpc) is 2.79. The van der Waals surface area contributed by atoms with Crippen LogP contribution in [0.3, 0.4) is 0 Å². The van der Waals surface area contributed by atoms with E-state index in [4.69, 9.17) is 0 Å². The Bertz CT molecular complexity index is 603. The van der Waals surface area contributed by atoms with Gasteiger partial charge in [0, 0.05) is 0 Å². The van der Waals surface area contributed by atoms with Crippen molar-refractivity contribution in [2.45, 2.75) is 129 Å². The minimum atomic E-state index is 0.285. The minimum absolute atomic E-state index is 0.285. The zero-order valence-corrected chi connectivity index (χ0v) is 26.4. The molecule has 0 unspecified atom stereocenters. The molecule has 1 rings (SSSR count). The highest BCUT2D eigenvalue weighted by Gasteiger charge is 2.11. The molecule has 0 saturated carbocycles. The highest BCUT2D eigenvalue weighted by Crippen LogP contribution is 2.21. The third kappa shape index (κ3) is 40.5. The Kier molecular flexibility index (Phi) is 36.4. The molecule has 0 heterocycles. The zero-order chi connectivity index (χ0) is 28.3. The third-order valence-corrected chi connectivity index (χ3v) is 4.75. The Morgan fingerprint density at radius 2 is 1.15 bits per heavy atom. The molecule has 0 aliphatic carbocycles. The first-order valence-corrected chi connectivity index (χ1v) is 13.2. The van der Waals surface area contributed by atoms with Crippen molar-refractivity contribution in [1.29, 1.82) is 0 Å². The molecular weight excluding hydrogens is 408 g/mol. The van der Waals surface area contributed by atoms with Crippen LogP contribution in [0.5, 0.6) is 0 Å². The quantitative estimate of drug-likeness (QED) is 0.303. The van der Waals surface area contributed by atoms with Gasteiger partial charge in [0.2, 0.25) is 0 Å². The molecule has 0 bridgehead atoms. The van der Waals surface area contributed by atoms with E-state index >= 15 is 0 Å². The first-order chi connectivity index (χ1) is 15.6. The monoisotopic (exact) mass is 473 g/mol. The second-order valence-electron chi connectivity index (χ2n) is 9.66. The van der Waals surface area contributed by atoms with E-state index in [0.29, 0.717) is 0 Å². The van der Waals surface area contributed by atoms with Crippen molar-refractivity contribution in [3.63, 3.8) is 0 Å². The summed E-state index contributed by atoms with van der Waals surface area (Å²) in [5, 5.41) is 0. The second kappa shape index (κ2) is 29.2. The lowest BCUT2D eigenvalue weighted by atomic mass is 9.87. The Balaban J connectivity index is -0.000000107. The Morgan fingerprint density at radius 3 is 1.26 bits per heavy atom. The van der Waals surface area contributed by atoms with Crippen LogP contribution in [-0.2, 0) is 5.41 Å². The van der Waals surface area contributed by atoms with Gasteiger partial charge in [0.25, 0.3) is 0 Å². The number of aryl methyl sites for hydroxylation is 1. The number of hydrogen-bond acceptors (Lipinski definition) is 0. The number of hydrogen-bond donors (Lipinski definition) is 0. The molecule has 0 N–H and O–H groups in total. The van der Waals surface area contributed by atoms with Crippen molar-refractivity contribution >= 4 is 0 Å². The first kappa shape index (κ1) is 42.3. The number of benzene rings is 1. The lowest BCUT2D eigenvalue weighted by Crippen LogP contribution is -2.10. The molecule has 0 radical (unpaired) electrons. The van der Waals surface area contributed by atoms with Crippen LogP contribution in [0.2, 0.25) is 0 Å². The van der Waals surface area contributed by atoms with Gasteiger partial charge in [-0.1, -0.05) is 140 Å². The summed E-state index contributed by atoms with van der Waals surface area (Å²) in [6, 6.07) is 8.74. The van der Waals surface area contributed by atoms with E-state index in [1.165, 1.54) is 35.1 Å². The van der Waals surface area contributed by atoms with E-state index < -0.39 is 0 Å². The summed E-state index contributed by atoms with van der Waals surface area (Å²) in [6.07, 6.45) is 8.72. The molecule has 0 nitrogen and oxygen atoms in total. The molecule has 0 aliphatic heterocycles. The van der Waals surface area contributed by atoms with Crippen molar-refractivity contribution in [3.8, 4) is 0 Å². The van der Waals surface area contributed by atoms with E-state index in [1.807, 2.05) is 67.5 Å². The average molecular weight is 473 g/mol. The van der Waals surface area contributed by atoms with Gasteiger partial charge in [0.15, 0.2) is 0 Å². The Morgan fingerprint density at radius 1 is 0.824 bits per heavy atom. The van der Waals surface area contributed by atoms with Gasteiger partial charge in [-0.2, -0.15) is 0 Å². The fourth-order valence-electron chi connectivity index (χ4n) is 1.59. The van der Waals surface area contributed by atoms with Crippen molar-refractivity contribution in [2.75, 3.05) is 0 Å². The van der Waals surface area contributed by atoms with Crippen molar-refractivity contribution < 1.29 is 0 Å². The van der Waals surface area contributed by atoms with Crippen molar-refractivity contribution in [1.82, 2.24) is 0 Å². The molecule has 0 fully saturated rings. The highest BCUT2D eigenvalue weighted by atomic mass is 14.2. The summed E-state index contributed by atoms with van der Waals surface area (Å²) < 4.78 is 0. The van der Waals surface area contributed by atoms with Gasteiger partial charge in [-0.3, -0.25) is 0 Å². The summed E-state index contributed by atoms with van der Waals surface area (Å²) in [4.78, 5) is 0. The molecule has 0 aromatic heterocycles. The van der Waals surface area contributed by atoms with Crippen molar-refractivity contribution in [2.24, 2.45) is 5.92 Å². The van der Waals surface area contributed by atoms with Gasteiger partial charge >= 0.3 is 0 Å². The van der Waals surface area contributed by atoms with Crippen LogP contribution >= 0.6 is 0 Å². The maximum Gasteiger partial charge on any atom is -0.0132 e.